The van der Waals surface area contributed by atoms with E-state index in [4.69, 9.17) is 0 Å². The maximum atomic E-state index is 14.0. The molecule has 2 nitrogen and oxygen atoms in total. The average Bonchev–Trinajstić information content (AvgIpc) is 2.54. The third-order valence-electron chi connectivity index (χ3n) is 3.41. The Bertz CT molecular complexity index is 416. The molecule has 106 valence electrons. The maximum Gasteiger partial charge on any atom is 0.150 e. The Balaban J connectivity index is 2.24. The zero-order valence-corrected chi connectivity index (χ0v) is 12.6. The van der Waals surface area contributed by atoms with Crippen LogP contribution in [-0.4, -0.2) is 25.7 Å². The number of halogens is 3. The van der Waals surface area contributed by atoms with Crippen molar-refractivity contribution in [2.45, 2.75) is 32.2 Å². The molecule has 1 aliphatic rings. The quantitative estimate of drug-likeness (QED) is 0.907. The van der Waals surface area contributed by atoms with E-state index in [9.17, 15) is 8.78 Å². The number of rotatable bonds is 3. The average molecular weight is 333 g/mol. The van der Waals surface area contributed by atoms with E-state index in [-0.39, 0.29) is 5.69 Å². The first-order valence-electron chi connectivity index (χ1n) is 6.74. The highest BCUT2D eigenvalue weighted by Crippen LogP contribution is 2.28. The Kier molecular flexibility index (Phi) is 5.16. The Hall–Kier alpha value is -0.680. The van der Waals surface area contributed by atoms with Crippen LogP contribution in [0.25, 0.3) is 0 Å². The number of benzene rings is 1. The lowest BCUT2D eigenvalue weighted by Gasteiger charge is -2.27. The van der Waals surface area contributed by atoms with Crippen LogP contribution in [0.5, 0.6) is 0 Å². The molecule has 0 amide bonds. The summed E-state index contributed by atoms with van der Waals surface area (Å²) < 4.78 is 28.5. The summed E-state index contributed by atoms with van der Waals surface area (Å²) in [6, 6.07) is 2.95. The molecule has 19 heavy (non-hydrogen) atoms. The Morgan fingerprint density at radius 2 is 2.05 bits per heavy atom. The van der Waals surface area contributed by atoms with E-state index >= 15 is 0 Å². The first-order chi connectivity index (χ1) is 9.11. The van der Waals surface area contributed by atoms with Gasteiger partial charge in [-0.25, -0.2) is 8.78 Å². The fraction of sp³-hybridized carbons (Fsp3) is 0.571. The molecule has 2 rings (SSSR count). The third-order valence-corrected chi connectivity index (χ3v) is 3.87. The van der Waals surface area contributed by atoms with Crippen LogP contribution in [-0.2, 0) is 0 Å². The standard InChI is InChI=1S/C14H19BrF2N2/c1-2-4-11-9-19(6-3-5-18-11)14-12(16)7-10(15)8-13(14)17/h7-8,11,18H,2-6,9H2,1H3. The fourth-order valence-corrected chi connectivity index (χ4v) is 2.98. The first-order valence-corrected chi connectivity index (χ1v) is 7.54. The van der Waals surface area contributed by atoms with Crippen molar-refractivity contribution in [2.75, 3.05) is 24.5 Å². The van der Waals surface area contributed by atoms with Gasteiger partial charge in [0.1, 0.15) is 5.69 Å². The van der Waals surface area contributed by atoms with E-state index in [1.54, 1.807) is 0 Å². The second kappa shape index (κ2) is 6.66. The number of anilines is 1. The van der Waals surface area contributed by atoms with Crippen LogP contribution in [0.1, 0.15) is 26.2 Å². The predicted octanol–water partition coefficient (Wildman–Crippen LogP) is 3.70. The monoisotopic (exact) mass is 332 g/mol. The second-order valence-electron chi connectivity index (χ2n) is 4.96. The van der Waals surface area contributed by atoms with Gasteiger partial charge in [-0.1, -0.05) is 29.3 Å². The van der Waals surface area contributed by atoms with Gasteiger partial charge in [-0.05, 0) is 31.5 Å². The summed E-state index contributed by atoms with van der Waals surface area (Å²) in [6.45, 7) is 4.37. The molecule has 1 saturated heterocycles. The lowest BCUT2D eigenvalue weighted by Crippen LogP contribution is -2.38. The second-order valence-corrected chi connectivity index (χ2v) is 5.87. The molecule has 1 N–H and O–H groups in total. The zero-order chi connectivity index (χ0) is 13.8. The molecule has 1 aromatic rings. The highest BCUT2D eigenvalue weighted by Gasteiger charge is 2.22. The van der Waals surface area contributed by atoms with Gasteiger partial charge in [-0.3, -0.25) is 0 Å². The first kappa shape index (κ1) is 14.7. The van der Waals surface area contributed by atoms with Gasteiger partial charge in [0.05, 0.1) is 0 Å². The topological polar surface area (TPSA) is 15.3 Å². The smallest absolute Gasteiger partial charge is 0.150 e. The summed E-state index contributed by atoms with van der Waals surface area (Å²) in [4.78, 5) is 1.83. The Morgan fingerprint density at radius 1 is 1.37 bits per heavy atom. The number of nitrogens with zero attached hydrogens (tertiary/aromatic N) is 1. The van der Waals surface area contributed by atoms with Gasteiger partial charge in [0.25, 0.3) is 0 Å². The molecule has 0 aromatic heterocycles. The molecule has 0 radical (unpaired) electrons. The van der Waals surface area contributed by atoms with E-state index in [0.717, 1.165) is 25.8 Å². The van der Waals surface area contributed by atoms with Crippen LogP contribution in [0.2, 0.25) is 0 Å². The minimum Gasteiger partial charge on any atom is -0.365 e. The van der Waals surface area contributed by atoms with Crippen molar-refractivity contribution in [3.63, 3.8) is 0 Å². The van der Waals surface area contributed by atoms with Crippen molar-refractivity contribution >= 4 is 21.6 Å². The number of hydrogen-bond acceptors (Lipinski definition) is 2. The maximum absolute atomic E-state index is 14.0. The largest absolute Gasteiger partial charge is 0.365 e. The van der Waals surface area contributed by atoms with E-state index in [2.05, 4.69) is 28.2 Å². The summed E-state index contributed by atoms with van der Waals surface area (Å²) in [5, 5.41) is 3.44. The van der Waals surface area contributed by atoms with E-state index in [1.165, 1.54) is 12.1 Å². The van der Waals surface area contributed by atoms with Crippen LogP contribution >= 0.6 is 15.9 Å². The molecule has 0 spiro atoms. The van der Waals surface area contributed by atoms with Crippen LogP contribution < -0.4 is 10.2 Å². The van der Waals surface area contributed by atoms with Crippen molar-refractivity contribution in [3.8, 4) is 0 Å². The molecule has 1 heterocycles. The van der Waals surface area contributed by atoms with Crippen molar-refractivity contribution in [1.82, 2.24) is 5.32 Å². The van der Waals surface area contributed by atoms with Gasteiger partial charge >= 0.3 is 0 Å². The van der Waals surface area contributed by atoms with Gasteiger partial charge in [0, 0.05) is 23.6 Å². The minimum absolute atomic E-state index is 0.105. The minimum atomic E-state index is -0.496. The molecule has 1 fully saturated rings. The van der Waals surface area contributed by atoms with Crippen LogP contribution in [0, 0.1) is 11.6 Å². The zero-order valence-electron chi connectivity index (χ0n) is 11.1. The Labute approximate surface area is 121 Å². The lowest BCUT2D eigenvalue weighted by atomic mass is 10.1. The summed E-state index contributed by atoms with van der Waals surface area (Å²) in [5.74, 6) is -0.993. The van der Waals surface area contributed by atoms with Crippen LogP contribution in [0.4, 0.5) is 14.5 Å². The van der Waals surface area contributed by atoms with Crippen molar-refractivity contribution in [1.29, 1.82) is 0 Å². The molecule has 1 aromatic carbocycles. The van der Waals surface area contributed by atoms with Crippen molar-refractivity contribution < 1.29 is 8.78 Å². The molecule has 1 atom stereocenters. The lowest BCUT2D eigenvalue weighted by molar-refractivity contribution is 0.497. The molecule has 0 bridgehead atoms. The molecular weight excluding hydrogens is 314 g/mol. The van der Waals surface area contributed by atoms with Crippen molar-refractivity contribution in [3.05, 3.63) is 28.2 Å². The highest BCUT2D eigenvalue weighted by atomic mass is 79.9. The fourth-order valence-electron chi connectivity index (χ4n) is 2.58. The summed E-state index contributed by atoms with van der Waals surface area (Å²) in [6.07, 6.45) is 2.99. The number of nitrogens with one attached hydrogen (secondary N) is 1. The molecule has 5 heteroatoms. The summed E-state index contributed by atoms with van der Waals surface area (Å²) in [5.41, 5.74) is 0.105. The van der Waals surface area contributed by atoms with Gasteiger partial charge in [0.15, 0.2) is 11.6 Å². The van der Waals surface area contributed by atoms with Gasteiger partial charge in [0.2, 0.25) is 0 Å². The highest BCUT2D eigenvalue weighted by molar-refractivity contribution is 9.10. The van der Waals surface area contributed by atoms with E-state index in [0.29, 0.717) is 23.6 Å². The van der Waals surface area contributed by atoms with Gasteiger partial charge in [-0.2, -0.15) is 0 Å². The summed E-state index contributed by atoms with van der Waals surface area (Å²) in [7, 11) is 0. The van der Waals surface area contributed by atoms with Crippen LogP contribution in [0.3, 0.4) is 0 Å². The van der Waals surface area contributed by atoms with E-state index in [1.807, 2.05) is 4.90 Å². The molecular formula is C14H19BrF2N2. The molecule has 0 aliphatic carbocycles. The molecule has 1 unspecified atom stereocenters. The van der Waals surface area contributed by atoms with Gasteiger partial charge in [-0.15, -0.1) is 0 Å². The predicted molar refractivity (Wildman–Crippen MR) is 77.6 cm³/mol. The summed E-state index contributed by atoms with van der Waals surface area (Å²) >= 11 is 3.11. The van der Waals surface area contributed by atoms with Crippen LogP contribution in [0.15, 0.2) is 16.6 Å². The normalized spacial score (nSPS) is 20.4. The van der Waals surface area contributed by atoms with E-state index < -0.39 is 11.6 Å². The molecule has 0 saturated carbocycles. The molecule has 1 aliphatic heterocycles. The van der Waals surface area contributed by atoms with Gasteiger partial charge < -0.3 is 10.2 Å². The Morgan fingerprint density at radius 3 is 2.68 bits per heavy atom. The number of hydrogen-bond donors (Lipinski definition) is 1. The van der Waals surface area contributed by atoms with Crippen molar-refractivity contribution in [2.24, 2.45) is 0 Å². The SMILES string of the molecule is CCCC1CN(c2c(F)cc(Br)cc2F)CCCN1. The third kappa shape index (κ3) is 3.66.